The maximum absolute atomic E-state index is 13.9. The molecular formula is C93H151N9O21. The molecule has 0 spiro atoms. The minimum atomic E-state index is -1.19. The van der Waals surface area contributed by atoms with Gasteiger partial charge in [-0.05, 0) is 184 Å². The van der Waals surface area contributed by atoms with E-state index in [9.17, 15) is 82.1 Å². The summed E-state index contributed by atoms with van der Waals surface area (Å²) in [5.41, 5.74) is 24.5. The molecule has 2 aromatic rings. The lowest BCUT2D eigenvalue weighted by atomic mass is 9.79. The molecule has 5 amide bonds. The summed E-state index contributed by atoms with van der Waals surface area (Å²) in [5, 5.41) is 51.4. The first kappa shape index (κ1) is 110. The molecule has 2 aromatic carbocycles. The van der Waals surface area contributed by atoms with E-state index in [1.807, 2.05) is 0 Å². The zero-order chi connectivity index (χ0) is 91.2. The van der Waals surface area contributed by atoms with E-state index < -0.39 is 77.3 Å². The van der Waals surface area contributed by atoms with E-state index in [1.54, 1.807) is 45.0 Å². The Balaban J connectivity index is 1.53. The molecule has 0 heterocycles. The second kappa shape index (κ2) is 66.6. The summed E-state index contributed by atoms with van der Waals surface area (Å²) in [7, 11) is 0. The number of benzene rings is 2. The summed E-state index contributed by atoms with van der Waals surface area (Å²) >= 11 is 0. The topological polar surface area (TPSA) is 520 Å². The number of nitrogens with two attached hydrogens (primary N) is 4. The van der Waals surface area contributed by atoms with Crippen LogP contribution in [0.5, 0.6) is 11.5 Å². The number of aromatic carboxylic acids is 2. The number of carboxylic acid groups (broad SMARTS) is 4. The highest BCUT2D eigenvalue weighted by molar-refractivity contribution is 5.93. The summed E-state index contributed by atoms with van der Waals surface area (Å²) in [6, 6.07) is 8.54. The molecule has 0 bridgehead atoms. The van der Waals surface area contributed by atoms with Crippen LogP contribution in [-0.2, 0) is 62.3 Å². The van der Waals surface area contributed by atoms with E-state index in [0.29, 0.717) is 199 Å². The molecule has 0 saturated carbocycles. The third kappa shape index (κ3) is 55.2. The number of carboxylic acids is 4. The molecule has 0 aliphatic rings. The highest BCUT2D eigenvalue weighted by Crippen LogP contribution is 2.28. The molecule has 8 atom stereocenters. The first-order valence-corrected chi connectivity index (χ1v) is 45.6. The second-order valence-corrected chi connectivity index (χ2v) is 34.2. The zero-order valence-corrected chi connectivity index (χ0v) is 74.3. The van der Waals surface area contributed by atoms with Crippen molar-refractivity contribution in [3.05, 3.63) is 59.7 Å². The number of rotatable bonds is 79. The Bertz CT molecular complexity index is 3480. The first-order chi connectivity index (χ1) is 58.7. The molecule has 0 aliphatic carbocycles. The van der Waals surface area contributed by atoms with Crippen molar-refractivity contribution in [2.75, 3.05) is 39.4 Å². The van der Waals surface area contributed by atoms with Crippen LogP contribution in [0.4, 0.5) is 0 Å². The van der Waals surface area contributed by atoms with Crippen molar-refractivity contribution in [3.8, 4) is 11.5 Å². The molecule has 0 aliphatic heterocycles. The Hall–Kier alpha value is -8.87. The highest BCUT2D eigenvalue weighted by atomic mass is 16.5. The molecule has 0 radical (unpaired) electrons. The lowest BCUT2D eigenvalue weighted by molar-refractivity contribution is -0.144. The largest absolute Gasteiger partial charge is 0.494 e. The van der Waals surface area contributed by atoms with Crippen LogP contribution in [0, 0.1) is 23.2 Å². The Morgan fingerprint density at radius 1 is 0.333 bits per heavy atom. The van der Waals surface area contributed by atoms with Crippen LogP contribution in [0.15, 0.2) is 48.5 Å². The Morgan fingerprint density at radius 2 is 0.707 bits per heavy atom. The summed E-state index contributed by atoms with van der Waals surface area (Å²) in [6.45, 7) is 9.25. The Morgan fingerprint density at radius 3 is 1.13 bits per heavy atom. The number of Topliss-reactive ketones (excluding diaryl/α,β-unsaturated/α-hetero) is 6. The number of hydrogen-bond donors (Lipinski definition) is 13. The smallest absolute Gasteiger partial charge is 0.335 e. The summed E-state index contributed by atoms with van der Waals surface area (Å²) in [5.74, 6) is -7.40. The van der Waals surface area contributed by atoms with Crippen LogP contribution < -0.4 is 59.0 Å². The van der Waals surface area contributed by atoms with Crippen molar-refractivity contribution in [2.45, 2.75) is 360 Å². The van der Waals surface area contributed by atoms with Crippen molar-refractivity contribution < 1.29 is 102 Å². The Kier molecular flexibility index (Phi) is 59.7. The van der Waals surface area contributed by atoms with Crippen molar-refractivity contribution >= 4 is 88.1 Å². The number of ether oxygens (including phenoxy) is 2. The fourth-order valence-electron chi connectivity index (χ4n) is 14.2. The highest BCUT2D eigenvalue weighted by Gasteiger charge is 2.31. The minimum absolute atomic E-state index is 0.00358. The molecule has 30 nitrogen and oxygen atoms in total. The zero-order valence-electron chi connectivity index (χ0n) is 74.3. The quantitative estimate of drug-likeness (QED) is 0.0274. The molecule has 30 heteroatoms. The van der Waals surface area contributed by atoms with Gasteiger partial charge in [0.25, 0.3) is 0 Å². The first-order valence-electron chi connectivity index (χ1n) is 45.6. The van der Waals surface area contributed by atoms with Crippen molar-refractivity contribution in [1.29, 1.82) is 0 Å². The van der Waals surface area contributed by atoms with Gasteiger partial charge in [0.1, 0.15) is 52.2 Å². The monoisotopic (exact) mass is 1730 g/mol. The van der Waals surface area contributed by atoms with E-state index in [-0.39, 0.29) is 140 Å². The molecule has 123 heavy (non-hydrogen) atoms. The maximum Gasteiger partial charge on any atom is 0.335 e. The molecule has 2 rings (SSSR count). The number of hydrogen-bond acceptors (Lipinski definition) is 21. The van der Waals surface area contributed by atoms with Crippen molar-refractivity contribution in [2.24, 2.45) is 46.1 Å². The van der Waals surface area contributed by atoms with Gasteiger partial charge in [-0.3, -0.25) is 57.5 Å². The number of nitrogens with one attached hydrogen (secondary N) is 5. The van der Waals surface area contributed by atoms with Gasteiger partial charge in [0.05, 0.1) is 54.4 Å². The molecule has 694 valence electrons. The molecule has 1 unspecified atom stereocenters. The average molecular weight is 1730 g/mol. The maximum atomic E-state index is 13.9. The number of amides is 5. The van der Waals surface area contributed by atoms with E-state index >= 15 is 0 Å². The third-order valence-electron chi connectivity index (χ3n) is 22.4. The van der Waals surface area contributed by atoms with E-state index in [0.717, 1.165) is 89.9 Å². The summed E-state index contributed by atoms with van der Waals surface area (Å²) in [6.07, 6.45) is 26.6. The second-order valence-electron chi connectivity index (χ2n) is 34.2. The summed E-state index contributed by atoms with van der Waals surface area (Å²) in [4.78, 5) is 187. The summed E-state index contributed by atoms with van der Waals surface area (Å²) < 4.78 is 11.4. The van der Waals surface area contributed by atoms with Gasteiger partial charge in [-0.25, -0.2) is 14.4 Å². The minimum Gasteiger partial charge on any atom is -0.494 e. The van der Waals surface area contributed by atoms with E-state index in [4.69, 9.17) is 42.6 Å². The van der Waals surface area contributed by atoms with Crippen LogP contribution in [-0.4, -0.2) is 178 Å². The Labute approximate surface area is 729 Å². The van der Waals surface area contributed by atoms with Gasteiger partial charge >= 0.3 is 23.9 Å². The standard InChI is InChI=1S/C93H151N9O21/c1-66(103)69(35-25-29-58-99-88(113)79(97)42-28-32-60-101-87(112)77(95)40-21-17-20-37-72(104)50-55-80(92(120)121)102-85(110)44-24-14-10-6-8-12-16-34-62-123-75-53-47-68(48-54-75)90(116)117)64-82(107)70(65-83(108)93(2,3)4)36-26-30-59-100-86(111)78(96)41-22-18-23-43-81(106)76(94)39-27-31-57-98-84(109)56-49-71(91(118)119)63-73(105)38-19-13-9-5-7-11-15-33-61-122-74-51-45-67(46-52-74)89(114)115/h45-48,51-54,69-71,76-80H,5-44,49-50,55-65,94-97H2,1-4H3,(H,98,109)(H,99,113)(H,100,111)(H,101,112)(H,102,110)(H,114,115)(H,116,117)(H,118,119)(H,120,121)/t69-,70-,71-,76+,77?,78+,79+,80+/m1/s1. The van der Waals surface area contributed by atoms with Crippen LogP contribution >= 0.6 is 0 Å². The van der Waals surface area contributed by atoms with Gasteiger partial charge in [0.2, 0.25) is 29.5 Å². The van der Waals surface area contributed by atoms with Gasteiger partial charge < -0.3 is 79.4 Å². The lowest BCUT2D eigenvalue weighted by Gasteiger charge is -2.23. The fourth-order valence-corrected chi connectivity index (χ4v) is 14.2. The van der Waals surface area contributed by atoms with Gasteiger partial charge in [-0.1, -0.05) is 136 Å². The average Bonchev–Trinajstić information content (AvgIpc) is 0.864. The molecule has 0 fully saturated rings. The van der Waals surface area contributed by atoms with E-state index in [1.165, 1.54) is 31.2 Å². The lowest BCUT2D eigenvalue weighted by Crippen LogP contribution is -2.42. The molecule has 0 aromatic heterocycles. The van der Waals surface area contributed by atoms with Crippen LogP contribution in [0.3, 0.4) is 0 Å². The molecule has 0 saturated heterocycles. The van der Waals surface area contributed by atoms with Gasteiger partial charge in [-0.2, -0.15) is 0 Å². The molecular weight excluding hydrogens is 1580 g/mol. The van der Waals surface area contributed by atoms with Crippen LogP contribution in [0.25, 0.3) is 0 Å². The number of carbonyl (C=O) groups excluding carboxylic acids is 11. The van der Waals surface area contributed by atoms with Gasteiger partial charge in [0, 0.05) is 101 Å². The van der Waals surface area contributed by atoms with Gasteiger partial charge in [-0.15, -0.1) is 0 Å². The predicted octanol–water partition coefficient (Wildman–Crippen LogP) is 12.6. The van der Waals surface area contributed by atoms with Gasteiger partial charge in [0.15, 0.2) is 0 Å². The molecule has 17 N–H and O–H groups in total. The predicted molar refractivity (Wildman–Crippen MR) is 472 cm³/mol. The van der Waals surface area contributed by atoms with E-state index in [2.05, 4.69) is 26.6 Å². The normalized spacial score (nSPS) is 13.3. The van der Waals surface area contributed by atoms with Crippen molar-refractivity contribution in [3.63, 3.8) is 0 Å². The third-order valence-corrected chi connectivity index (χ3v) is 22.4. The number of aliphatic carboxylic acids is 2. The number of carbonyl (C=O) groups is 15. The number of ketones is 6. The van der Waals surface area contributed by atoms with Crippen molar-refractivity contribution in [1.82, 2.24) is 26.6 Å². The van der Waals surface area contributed by atoms with Crippen LogP contribution in [0.2, 0.25) is 0 Å². The fraction of sp³-hybridized carbons (Fsp3) is 0.710. The van der Waals surface area contributed by atoms with Crippen LogP contribution in [0.1, 0.15) is 350 Å². The number of unbranched alkanes of at least 4 members (excludes halogenated alkanes) is 22. The SMILES string of the molecule is CC(=O)[C@H](CCCCNC(=O)[C@@H](N)CCCCNC(=O)C(N)CCCCCC(=O)CC[C@H](NC(=O)CCCCCCCCCCOc1ccc(C(=O)O)cc1)C(=O)O)CC(=O)[C@H](CCCCNC(=O)[C@@H](N)CCCCCC(=O)[C@@H](N)CCCCNC(=O)CC[C@H](CC(=O)CCCCCCCCCCOc1ccc(C(=O)O)cc1)C(=O)O)CC(=O)C(C)(C)C.